The summed E-state index contributed by atoms with van der Waals surface area (Å²) < 4.78 is 0. The fraction of sp³-hybridized carbons (Fsp3) is 0.333. The Morgan fingerprint density at radius 2 is 1.90 bits per heavy atom. The van der Waals surface area contributed by atoms with Gasteiger partial charge in [0.1, 0.15) is 0 Å². The maximum Gasteiger partial charge on any atom is 1.00 e. The summed E-state index contributed by atoms with van der Waals surface area (Å²) in [5.74, 6) is 0.260. The Morgan fingerprint density at radius 3 is 2.55 bits per heavy atom. The molecule has 0 aromatic heterocycles. The summed E-state index contributed by atoms with van der Waals surface area (Å²) in [5, 5.41) is 11.4. The Bertz CT molecular complexity index is 444. The maximum absolute atomic E-state index is 11.4. The normalized spacial score (nSPS) is 12.5. The van der Waals surface area contributed by atoms with Gasteiger partial charge in [0.2, 0.25) is 0 Å². The van der Waals surface area contributed by atoms with E-state index in [0.717, 1.165) is 19.3 Å². The molecule has 0 spiro atoms. The summed E-state index contributed by atoms with van der Waals surface area (Å²) in [4.78, 5) is 0. The van der Waals surface area contributed by atoms with Gasteiger partial charge in [0.05, 0.1) is 0 Å². The minimum absolute atomic E-state index is 0. The number of hydrogen-bond donors (Lipinski definition) is 0. The number of unbranched alkanes of at least 4 members (excludes halogenated alkanes) is 1. The third kappa shape index (κ3) is 8.10. The number of benzene rings is 1. The van der Waals surface area contributed by atoms with Gasteiger partial charge in [-0.1, -0.05) is 74.4 Å². The quantitative estimate of drug-likeness (QED) is 0.414. The molecule has 1 nitrogen and oxygen atoms in total. The van der Waals surface area contributed by atoms with Gasteiger partial charge in [-0.3, -0.25) is 0 Å². The van der Waals surface area contributed by atoms with E-state index in [9.17, 15) is 5.11 Å². The molecule has 0 N–H and O–H groups in total. The molecule has 0 radical (unpaired) electrons. The van der Waals surface area contributed by atoms with Crippen LogP contribution in [0.1, 0.15) is 45.1 Å². The van der Waals surface area contributed by atoms with Crippen LogP contribution >= 0.6 is 0 Å². The van der Waals surface area contributed by atoms with Crippen LogP contribution in [0.5, 0.6) is 0 Å². The first kappa shape index (κ1) is 18.8. The Morgan fingerprint density at radius 1 is 1.20 bits per heavy atom. The monoisotopic (exact) mass is 262 g/mol. The van der Waals surface area contributed by atoms with Crippen molar-refractivity contribution in [1.82, 2.24) is 0 Å². The molecular weight excluding hydrogens is 239 g/mol. The first-order valence-electron chi connectivity index (χ1n) is 6.99. The van der Waals surface area contributed by atoms with Crippen molar-refractivity contribution in [3.8, 4) is 0 Å². The average molecular weight is 262 g/mol. The molecule has 0 saturated carbocycles. The van der Waals surface area contributed by atoms with Crippen LogP contribution in [-0.4, -0.2) is 0 Å². The predicted molar refractivity (Wildman–Crippen MR) is 81.5 cm³/mol. The standard InChI is InChI=1S/C18H24O.Li/c1-3-4-14-18(19)15-10-5-7-11-16(2)17-12-8-6-9-13-17;/h5-9,11-13,15,19H,3-4,10,14H2,1-2H3;/q;+1/p-1/b7-5+,16-11-,18-15-;. The number of allylic oxidation sites excluding steroid dienone is 6. The van der Waals surface area contributed by atoms with Crippen molar-refractivity contribution in [3.63, 3.8) is 0 Å². The molecular formula is C18H23LiO. The summed E-state index contributed by atoms with van der Waals surface area (Å²) >= 11 is 0. The third-order valence-electron chi connectivity index (χ3n) is 2.97. The minimum atomic E-state index is 0. The molecule has 1 aromatic carbocycles. The van der Waals surface area contributed by atoms with Crippen LogP contribution < -0.4 is 24.0 Å². The van der Waals surface area contributed by atoms with Crippen LogP contribution in [0.25, 0.3) is 5.57 Å². The van der Waals surface area contributed by atoms with Gasteiger partial charge in [0, 0.05) is 0 Å². The molecule has 0 fully saturated rings. The van der Waals surface area contributed by atoms with E-state index in [4.69, 9.17) is 0 Å². The van der Waals surface area contributed by atoms with Crippen molar-refractivity contribution in [2.24, 2.45) is 0 Å². The van der Waals surface area contributed by atoms with E-state index < -0.39 is 0 Å². The second-order valence-electron chi connectivity index (χ2n) is 4.65. The number of rotatable bonds is 7. The van der Waals surface area contributed by atoms with E-state index in [0.29, 0.717) is 6.42 Å². The number of hydrogen-bond acceptors (Lipinski definition) is 1. The molecule has 0 unspecified atom stereocenters. The molecule has 0 saturated heterocycles. The summed E-state index contributed by atoms with van der Waals surface area (Å²) in [7, 11) is 0. The van der Waals surface area contributed by atoms with Crippen LogP contribution in [0.3, 0.4) is 0 Å². The molecule has 0 bridgehead atoms. The molecule has 2 heteroatoms. The Balaban J connectivity index is 0.00000361. The fourth-order valence-corrected chi connectivity index (χ4v) is 1.74. The minimum Gasteiger partial charge on any atom is -0.876 e. The van der Waals surface area contributed by atoms with Gasteiger partial charge >= 0.3 is 18.9 Å². The van der Waals surface area contributed by atoms with Crippen molar-refractivity contribution in [2.45, 2.75) is 39.5 Å². The molecule has 0 amide bonds. The largest absolute Gasteiger partial charge is 1.00 e. The van der Waals surface area contributed by atoms with E-state index in [2.05, 4.69) is 32.1 Å². The zero-order valence-electron chi connectivity index (χ0n) is 12.9. The first-order chi connectivity index (χ1) is 9.24. The van der Waals surface area contributed by atoms with Crippen LogP contribution in [0, 0.1) is 0 Å². The molecule has 0 atom stereocenters. The average Bonchev–Trinajstić information content (AvgIpc) is 2.45. The van der Waals surface area contributed by atoms with E-state index in [-0.39, 0.29) is 24.6 Å². The fourth-order valence-electron chi connectivity index (χ4n) is 1.74. The topological polar surface area (TPSA) is 23.1 Å². The van der Waals surface area contributed by atoms with E-state index in [1.54, 1.807) is 6.08 Å². The second-order valence-corrected chi connectivity index (χ2v) is 4.65. The smallest absolute Gasteiger partial charge is 0.876 e. The summed E-state index contributed by atoms with van der Waals surface area (Å²) in [5.41, 5.74) is 2.46. The van der Waals surface area contributed by atoms with E-state index in [1.165, 1.54) is 11.1 Å². The zero-order chi connectivity index (χ0) is 13.9. The third-order valence-corrected chi connectivity index (χ3v) is 2.97. The predicted octanol–water partition coefficient (Wildman–Crippen LogP) is 1.47. The first-order valence-corrected chi connectivity index (χ1v) is 6.99. The molecule has 102 valence electrons. The van der Waals surface area contributed by atoms with E-state index >= 15 is 0 Å². The summed E-state index contributed by atoms with van der Waals surface area (Å²) in [6.45, 7) is 4.19. The van der Waals surface area contributed by atoms with Crippen molar-refractivity contribution >= 4 is 5.57 Å². The van der Waals surface area contributed by atoms with Gasteiger partial charge < -0.3 is 5.11 Å². The van der Waals surface area contributed by atoms with Gasteiger partial charge in [-0.2, -0.15) is 0 Å². The Hall–Kier alpha value is -1.16. The van der Waals surface area contributed by atoms with Crippen LogP contribution in [-0.2, 0) is 0 Å². The summed E-state index contributed by atoms with van der Waals surface area (Å²) in [6.07, 6.45) is 11.4. The Labute approximate surface area is 135 Å². The van der Waals surface area contributed by atoms with Crippen molar-refractivity contribution < 1.29 is 24.0 Å². The van der Waals surface area contributed by atoms with Crippen molar-refractivity contribution in [1.29, 1.82) is 0 Å². The molecule has 0 aliphatic carbocycles. The van der Waals surface area contributed by atoms with Gasteiger partial charge in [-0.05, 0) is 30.9 Å². The molecule has 1 rings (SSSR count). The molecule has 20 heavy (non-hydrogen) atoms. The van der Waals surface area contributed by atoms with Gasteiger partial charge in [-0.15, -0.1) is 5.76 Å². The van der Waals surface area contributed by atoms with E-state index in [1.807, 2.05) is 30.4 Å². The van der Waals surface area contributed by atoms with Crippen molar-refractivity contribution in [3.05, 3.63) is 66.0 Å². The van der Waals surface area contributed by atoms with Crippen LogP contribution in [0.4, 0.5) is 0 Å². The second kappa shape index (κ2) is 11.6. The van der Waals surface area contributed by atoms with Gasteiger partial charge in [0.15, 0.2) is 0 Å². The molecule has 1 aromatic rings. The molecule has 0 aliphatic heterocycles. The summed E-state index contributed by atoms with van der Waals surface area (Å²) in [6, 6.07) is 10.3. The SMILES string of the molecule is CCCC/C([O-])=C/C/C=C/C=C(/C)c1ccccc1.[Li+]. The molecule has 0 heterocycles. The Kier molecular flexibility index (Phi) is 11.0. The van der Waals surface area contributed by atoms with Crippen LogP contribution in [0.15, 0.2) is 60.4 Å². The van der Waals surface area contributed by atoms with Crippen LogP contribution in [0.2, 0.25) is 0 Å². The van der Waals surface area contributed by atoms with Crippen molar-refractivity contribution in [2.75, 3.05) is 0 Å². The zero-order valence-corrected chi connectivity index (χ0v) is 12.9. The maximum atomic E-state index is 11.4. The van der Waals surface area contributed by atoms with Gasteiger partial charge in [0.25, 0.3) is 0 Å². The molecule has 0 aliphatic rings. The van der Waals surface area contributed by atoms with Gasteiger partial charge in [-0.25, -0.2) is 0 Å².